The number of rotatable bonds is 7. The van der Waals surface area contributed by atoms with E-state index < -0.39 is 22.0 Å². The van der Waals surface area contributed by atoms with Gasteiger partial charge in [0.15, 0.2) is 5.58 Å². The lowest BCUT2D eigenvalue weighted by Gasteiger charge is -2.11. The van der Waals surface area contributed by atoms with E-state index in [9.17, 15) is 18.0 Å². The quantitative estimate of drug-likeness (QED) is 0.466. The largest absolute Gasteiger partial charge is 0.495 e. The van der Waals surface area contributed by atoms with Gasteiger partial charge in [0.2, 0.25) is 5.91 Å². The molecule has 0 aliphatic carbocycles. The van der Waals surface area contributed by atoms with Crippen molar-refractivity contribution in [1.29, 1.82) is 0 Å². The predicted octanol–water partition coefficient (Wildman–Crippen LogP) is 2.18. The summed E-state index contributed by atoms with van der Waals surface area (Å²) >= 11 is 0.976. The van der Waals surface area contributed by atoms with Gasteiger partial charge in [-0.25, -0.2) is 18.2 Å². The van der Waals surface area contributed by atoms with Crippen LogP contribution in [0.5, 0.6) is 5.75 Å². The van der Waals surface area contributed by atoms with Gasteiger partial charge in [-0.15, -0.1) is 0 Å². The van der Waals surface area contributed by atoms with Crippen LogP contribution in [0.25, 0.3) is 11.1 Å². The summed E-state index contributed by atoms with van der Waals surface area (Å²) in [6.45, 7) is 0. The van der Waals surface area contributed by atoms with E-state index in [2.05, 4.69) is 20.3 Å². The summed E-state index contributed by atoms with van der Waals surface area (Å²) < 4.78 is 38.6. The number of carbonyl (C=O) groups excluding carboxylic acids is 2. The molecule has 3 aromatic rings. The number of hydrogen-bond acceptors (Lipinski definition) is 8. The highest BCUT2D eigenvalue weighted by atomic mass is 32.2. The molecule has 0 radical (unpaired) electrons. The van der Waals surface area contributed by atoms with Crippen LogP contribution in [-0.4, -0.2) is 45.3 Å². The average molecular weight is 450 g/mol. The second kappa shape index (κ2) is 9.05. The molecule has 0 saturated heterocycles. The number of hydrogen-bond donors (Lipinski definition) is 3. The van der Waals surface area contributed by atoms with E-state index in [0.29, 0.717) is 22.5 Å². The number of sulfonamides is 1. The van der Waals surface area contributed by atoms with Crippen molar-refractivity contribution in [2.24, 2.45) is 0 Å². The maximum atomic E-state index is 12.7. The van der Waals surface area contributed by atoms with Crippen LogP contribution in [0.2, 0.25) is 0 Å². The number of nitrogens with zero attached hydrogens (tertiary/aromatic N) is 1. The maximum Gasteiger partial charge on any atom is 0.321 e. The van der Waals surface area contributed by atoms with Gasteiger partial charge in [-0.05, 0) is 30.3 Å². The van der Waals surface area contributed by atoms with Gasteiger partial charge in [0, 0.05) is 7.05 Å². The number of urea groups is 1. The molecule has 30 heavy (non-hydrogen) atoms. The lowest BCUT2D eigenvalue weighted by atomic mass is 10.3. The first-order valence-electron chi connectivity index (χ1n) is 8.53. The Morgan fingerprint density at radius 3 is 2.70 bits per heavy atom. The summed E-state index contributed by atoms with van der Waals surface area (Å²) in [7, 11) is -1.06. The number of oxazole rings is 1. The Labute approximate surface area is 176 Å². The van der Waals surface area contributed by atoms with Crippen molar-refractivity contribution in [3.8, 4) is 5.75 Å². The number of thioether (sulfide) groups is 1. The molecule has 0 saturated carbocycles. The molecule has 0 fully saturated rings. The Morgan fingerprint density at radius 1 is 1.20 bits per heavy atom. The number of methoxy groups -OCH3 is 1. The van der Waals surface area contributed by atoms with Gasteiger partial charge in [0.25, 0.3) is 15.2 Å². The van der Waals surface area contributed by atoms with Gasteiger partial charge in [0.05, 0.1) is 23.4 Å². The van der Waals surface area contributed by atoms with Gasteiger partial charge in [-0.2, -0.15) is 0 Å². The number of amides is 3. The third-order valence-corrected chi connectivity index (χ3v) is 6.00. The topological polar surface area (TPSA) is 140 Å². The molecule has 10 nitrogen and oxygen atoms in total. The minimum atomic E-state index is -3.90. The Morgan fingerprint density at radius 2 is 1.97 bits per heavy atom. The minimum absolute atomic E-state index is 0.0110. The molecule has 3 rings (SSSR count). The number of imide groups is 1. The lowest BCUT2D eigenvalue weighted by Crippen LogP contribution is -2.38. The Balaban J connectivity index is 1.76. The zero-order valence-electron chi connectivity index (χ0n) is 16.0. The van der Waals surface area contributed by atoms with E-state index in [1.807, 2.05) is 0 Å². The standard InChI is InChI=1S/C18H18N4O6S2/c1-19-17(24)21-16(23)10-29-18-20-13-9-11(7-8-15(13)28-18)30(25,26)22-12-5-3-4-6-14(12)27-2/h3-9,22H,10H2,1-2H3,(H2,19,21,23,24). The molecular formula is C18H18N4O6S2. The van der Waals surface area contributed by atoms with Crippen LogP contribution in [0, 0.1) is 0 Å². The Kier molecular flexibility index (Phi) is 6.47. The van der Waals surface area contributed by atoms with Crippen LogP contribution in [0.1, 0.15) is 0 Å². The molecule has 0 aliphatic rings. The fourth-order valence-corrected chi connectivity index (χ4v) is 4.13. The highest BCUT2D eigenvalue weighted by Gasteiger charge is 2.19. The van der Waals surface area contributed by atoms with E-state index in [0.717, 1.165) is 11.8 Å². The fourth-order valence-electron chi connectivity index (χ4n) is 2.40. The smallest absolute Gasteiger partial charge is 0.321 e. The van der Waals surface area contributed by atoms with Crippen molar-refractivity contribution in [3.63, 3.8) is 0 Å². The number of carbonyl (C=O) groups is 2. The summed E-state index contributed by atoms with van der Waals surface area (Å²) in [5.74, 6) is -0.232. The molecule has 0 aliphatic heterocycles. The zero-order chi connectivity index (χ0) is 21.7. The van der Waals surface area contributed by atoms with Crippen molar-refractivity contribution >= 4 is 50.5 Å². The molecule has 0 atom stereocenters. The molecule has 2 aromatic carbocycles. The molecule has 0 spiro atoms. The number of nitrogens with one attached hydrogen (secondary N) is 3. The summed E-state index contributed by atoms with van der Waals surface area (Å²) in [5, 5.41) is 4.56. The van der Waals surface area contributed by atoms with E-state index in [4.69, 9.17) is 9.15 Å². The van der Waals surface area contributed by atoms with Crippen molar-refractivity contribution in [2.45, 2.75) is 10.1 Å². The SMILES string of the molecule is CNC(=O)NC(=O)CSc1nc2cc(S(=O)(=O)Nc3ccccc3OC)ccc2o1. The van der Waals surface area contributed by atoms with E-state index in [-0.39, 0.29) is 15.9 Å². The van der Waals surface area contributed by atoms with Crippen LogP contribution in [0.4, 0.5) is 10.5 Å². The summed E-state index contributed by atoms with van der Waals surface area (Å²) in [6.07, 6.45) is 0. The second-order valence-electron chi connectivity index (χ2n) is 5.83. The maximum absolute atomic E-state index is 12.7. The number of anilines is 1. The van der Waals surface area contributed by atoms with Gasteiger partial charge < -0.3 is 14.5 Å². The van der Waals surface area contributed by atoms with Crippen molar-refractivity contribution < 1.29 is 27.2 Å². The van der Waals surface area contributed by atoms with E-state index >= 15 is 0 Å². The molecule has 1 heterocycles. The van der Waals surface area contributed by atoms with Crippen molar-refractivity contribution in [1.82, 2.24) is 15.6 Å². The van der Waals surface area contributed by atoms with Crippen molar-refractivity contribution in [3.05, 3.63) is 42.5 Å². The van der Waals surface area contributed by atoms with Crippen LogP contribution in [0.15, 0.2) is 57.0 Å². The van der Waals surface area contributed by atoms with Gasteiger partial charge in [0.1, 0.15) is 11.3 Å². The molecule has 3 N–H and O–H groups in total. The lowest BCUT2D eigenvalue weighted by molar-refractivity contribution is -0.117. The monoisotopic (exact) mass is 450 g/mol. The van der Waals surface area contributed by atoms with Gasteiger partial charge in [-0.3, -0.25) is 14.8 Å². The molecule has 158 valence electrons. The van der Waals surface area contributed by atoms with Crippen LogP contribution < -0.4 is 20.1 Å². The third kappa shape index (κ3) is 5.02. The zero-order valence-corrected chi connectivity index (χ0v) is 17.6. The molecular weight excluding hydrogens is 432 g/mol. The Bertz CT molecular complexity index is 1190. The van der Waals surface area contributed by atoms with E-state index in [1.165, 1.54) is 32.4 Å². The third-order valence-electron chi connectivity index (χ3n) is 3.81. The molecule has 3 amide bonds. The van der Waals surface area contributed by atoms with Crippen LogP contribution >= 0.6 is 11.8 Å². The highest BCUT2D eigenvalue weighted by Crippen LogP contribution is 2.28. The number of para-hydroxylation sites is 2. The Hall–Kier alpha value is -3.25. The van der Waals surface area contributed by atoms with Crippen LogP contribution in [-0.2, 0) is 14.8 Å². The summed E-state index contributed by atoms with van der Waals surface area (Å²) in [5.41, 5.74) is 0.978. The predicted molar refractivity (Wildman–Crippen MR) is 111 cm³/mol. The number of fused-ring (bicyclic) bond motifs is 1. The molecule has 12 heteroatoms. The molecule has 0 bridgehead atoms. The second-order valence-corrected chi connectivity index (χ2v) is 8.44. The first-order chi connectivity index (χ1) is 14.3. The first-order valence-corrected chi connectivity index (χ1v) is 11.0. The van der Waals surface area contributed by atoms with Crippen LogP contribution in [0.3, 0.4) is 0 Å². The van der Waals surface area contributed by atoms with Gasteiger partial charge >= 0.3 is 6.03 Å². The van der Waals surface area contributed by atoms with Crippen molar-refractivity contribution in [2.75, 3.05) is 24.6 Å². The molecule has 0 unspecified atom stereocenters. The number of benzene rings is 2. The fraction of sp³-hybridized carbons (Fsp3) is 0.167. The summed E-state index contributed by atoms with van der Waals surface area (Å²) in [6, 6.07) is 10.3. The average Bonchev–Trinajstić information content (AvgIpc) is 3.14. The first kappa shape index (κ1) is 21.5. The normalized spacial score (nSPS) is 11.1. The van der Waals surface area contributed by atoms with E-state index in [1.54, 1.807) is 24.3 Å². The number of ether oxygens (including phenoxy) is 1. The minimum Gasteiger partial charge on any atom is -0.495 e. The molecule has 1 aromatic heterocycles. The number of aromatic nitrogens is 1. The van der Waals surface area contributed by atoms with Gasteiger partial charge in [-0.1, -0.05) is 23.9 Å². The highest BCUT2D eigenvalue weighted by molar-refractivity contribution is 7.99. The summed E-state index contributed by atoms with van der Waals surface area (Å²) in [4.78, 5) is 27.0.